The van der Waals surface area contributed by atoms with Crippen molar-refractivity contribution in [1.29, 1.82) is 0 Å². The Morgan fingerprint density at radius 3 is 2.54 bits per heavy atom. The van der Waals surface area contributed by atoms with Crippen LogP contribution in [0.1, 0.15) is 20.3 Å². The highest BCUT2D eigenvalue weighted by atomic mass is 16.6. The zero-order valence-electron chi connectivity index (χ0n) is 8.25. The summed E-state index contributed by atoms with van der Waals surface area (Å²) in [6, 6.07) is 0. The number of ether oxygens (including phenoxy) is 1. The van der Waals surface area contributed by atoms with Crippen molar-refractivity contribution in [2.24, 2.45) is 0 Å². The third kappa shape index (κ3) is 5.91. The van der Waals surface area contributed by atoms with Gasteiger partial charge in [-0.3, -0.25) is 0 Å². The van der Waals surface area contributed by atoms with E-state index in [2.05, 4.69) is 13.2 Å². The highest BCUT2D eigenvalue weighted by molar-refractivity contribution is 5.81. The van der Waals surface area contributed by atoms with Crippen LogP contribution in [0, 0.1) is 0 Å². The van der Waals surface area contributed by atoms with Gasteiger partial charge in [0, 0.05) is 12.5 Å². The third-order valence-corrected chi connectivity index (χ3v) is 1.43. The molecular formula is C11H16O2. The summed E-state index contributed by atoms with van der Waals surface area (Å²) in [7, 11) is 0. The van der Waals surface area contributed by atoms with Gasteiger partial charge in [0.2, 0.25) is 0 Å². The smallest absolute Gasteiger partial charge is 0.330 e. The second kappa shape index (κ2) is 5.36. The van der Waals surface area contributed by atoms with Crippen LogP contribution in [-0.2, 0) is 9.53 Å². The van der Waals surface area contributed by atoms with Gasteiger partial charge in [-0.15, -0.1) is 0 Å². The maximum atomic E-state index is 10.9. The average Bonchev–Trinajstić information content (AvgIpc) is 2.03. The number of esters is 1. The number of hydrogen-bond donors (Lipinski definition) is 0. The van der Waals surface area contributed by atoms with E-state index in [1.165, 1.54) is 6.08 Å². The van der Waals surface area contributed by atoms with Crippen molar-refractivity contribution < 1.29 is 9.53 Å². The predicted octanol–water partition coefficient (Wildman–Crippen LogP) is 2.63. The van der Waals surface area contributed by atoms with Gasteiger partial charge in [0.15, 0.2) is 0 Å². The van der Waals surface area contributed by atoms with Crippen molar-refractivity contribution in [3.8, 4) is 0 Å². The lowest BCUT2D eigenvalue weighted by molar-refractivity contribution is -0.149. The summed E-state index contributed by atoms with van der Waals surface area (Å²) in [5.74, 6) is -0.392. The normalized spacial score (nSPS) is 11.2. The summed E-state index contributed by atoms with van der Waals surface area (Å²) in [4.78, 5) is 10.9. The van der Waals surface area contributed by atoms with E-state index in [9.17, 15) is 4.79 Å². The molecule has 0 bridgehead atoms. The van der Waals surface area contributed by atoms with E-state index < -0.39 is 11.6 Å². The minimum Gasteiger partial charge on any atom is -0.456 e. The molecule has 0 saturated carbocycles. The number of rotatable bonds is 5. The molecule has 0 spiro atoms. The zero-order chi connectivity index (χ0) is 10.3. The number of carbonyl (C=O) groups is 1. The van der Waals surface area contributed by atoms with Gasteiger partial charge in [-0.25, -0.2) is 4.79 Å². The Balaban J connectivity index is 4.06. The molecule has 0 amide bonds. The summed E-state index contributed by atoms with van der Waals surface area (Å²) in [5.41, 5.74) is -0.481. The maximum absolute atomic E-state index is 10.9. The molecule has 2 heteroatoms. The van der Waals surface area contributed by atoms with Crippen molar-refractivity contribution in [1.82, 2.24) is 0 Å². The van der Waals surface area contributed by atoms with Gasteiger partial charge < -0.3 is 4.74 Å². The highest BCUT2D eigenvalue weighted by Gasteiger charge is 2.19. The zero-order valence-corrected chi connectivity index (χ0v) is 8.25. The molecule has 0 radical (unpaired) electrons. The van der Waals surface area contributed by atoms with Gasteiger partial charge in [0.1, 0.15) is 5.60 Å². The Hall–Kier alpha value is -1.31. The van der Waals surface area contributed by atoms with Gasteiger partial charge in [-0.1, -0.05) is 31.4 Å². The molecule has 0 atom stereocenters. The average molecular weight is 180 g/mol. The molecule has 2 nitrogen and oxygen atoms in total. The molecule has 0 aromatic carbocycles. The van der Waals surface area contributed by atoms with Crippen molar-refractivity contribution in [2.75, 3.05) is 0 Å². The van der Waals surface area contributed by atoms with Crippen LogP contribution in [0.3, 0.4) is 0 Å². The third-order valence-electron chi connectivity index (χ3n) is 1.43. The largest absolute Gasteiger partial charge is 0.456 e. The van der Waals surface area contributed by atoms with Crippen LogP contribution < -0.4 is 0 Å². The van der Waals surface area contributed by atoms with Crippen molar-refractivity contribution in [2.45, 2.75) is 25.9 Å². The molecule has 0 aliphatic heterocycles. The summed E-state index contributed by atoms with van der Waals surface area (Å²) in [5, 5.41) is 0. The molecule has 0 saturated heterocycles. The van der Waals surface area contributed by atoms with Gasteiger partial charge in [0.05, 0.1) is 0 Å². The molecule has 0 fully saturated rings. The van der Waals surface area contributed by atoms with Crippen molar-refractivity contribution in [3.05, 3.63) is 37.5 Å². The summed E-state index contributed by atoms with van der Waals surface area (Å²) in [6.45, 7) is 10.6. The van der Waals surface area contributed by atoms with E-state index in [1.54, 1.807) is 6.08 Å². The van der Waals surface area contributed by atoms with E-state index in [1.807, 2.05) is 26.0 Å². The van der Waals surface area contributed by atoms with Crippen molar-refractivity contribution in [3.63, 3.8) is 0 Å². The van der Waals surface area contributed by atoms with E-state index in [-0.39, 0.29) is 0 Å². The van der Waals surface area contributed by atoms with Crippen LogP contribution in [0.25, 0.3) is 0 Å². The molecular weight excluding hydrogens is 164 g/mol. The minimum absolute atomic E-state index is 0.392. The fourth-order valence-electron chi connectivity index (χ4n) is 0.804. The first-order valence-electron chi connectivity index (χ1n) is 4.15. The Morgan fingerprint density at radius 1 is 1.46 bits per heavy atom. The number of hydrogen-bond acceptors (Lipinski definition) is 2. The lowest BCUT2D eigenvalue weighted by Crippen LogP contribution is -2.26. The topological polar surface area (TPSA) is 26.3 Å². The predicted molar refractivity (Wildman–Crippen MR) is 54.3 cm³/mol. The molecule has 13 heavy (non-hydrogen) atoms. The molecule has 0 heterocycles. The van der Waals surface area contributed by atoms with Crippen LogP contribution in [0.5, 0.6) is 0 Å². The van der Waals surface area contributed by atoms with Gasteiger partial charge in [-0.05, 0) is 13.8 Å². The number of allylic oxidation sites excluding steroid dienone is 2. The van der Waals surface area contributed by atoms with E-state index in [0.29, 0.717) is 6.42 Å². The molecule has 72 valence electrons. The summed E-state index contributed by atoms with van der Waals surface area (Å²) >= 11 is 0. The van der Waals surface area contributed by atoms with Crippen LogP contribution in [0.4, 0.5) is 0 Å². The molecule has 0 rings (SSSR count). The first-order chi connectivity index (χ1) is 6.02. The maximum Gasteiger partial charge on any atom is 0.330 e. The Labute approximate surface area is 79.6 Å². The standard InChI is InChI=1S/C11H16O2/c1-5-7-8-9-11(3,4)13-10(12)6-2/h5-8H,1-2,9H2,3-4H3. The molecule has 0 aromatic rings. The highest BCUT2D eigenvalue weighted by Crippen LogP contribution is 2.15. The lowest BCUT2D eigenvalue weighted by Gasteiger charge is -2.22. The summed E-state index contributed by atoms with van der Waals surface area (Å²) < 4.78 is 5.09. The van der Waals surface area contributed by atoms with Crippen LogP contribution in [-0.4, -0.2) is 11.6 Å². The summed E-state index contributed by atoms with van der Waals surface area (Å²) in [6.07, 6.45) is 7.25. The molecule has 0 aliphatic rings. The lowest BCUT2D eigenvalue weighted by atomic mass is 10.1. The van der Waals surface area contributed by atoms with E-state index >= 15 is 0 Å². The first-order valence-corrected chi connectivity index (χ1v) is 4.15. The van der Waals surface area contributed by atoms with Crippen LogP contribution >= 0.6 is 0 Å². The molecule has 0 unspecified atom stereocenters. The number of carbonyl (C=O) groups excluding carboxylic acids is 1. The quantitative estimate of drug-likeness (QED) is 0.369. The fourth-order valence-corrected chi connectivity index (χ4v) is 0.804. The van der Waals surface area contributed by atoms with Gasteiger partial charge in [0.25, 0.3) is 0 Å². The second-order valence-corrected chi connectivity index (χ2v) is 3.25. The molecule has 0 aliphatic carbocycles. The monoisotopic (exact) mass is 180 g/mol. The molecule has 0 aromatic heterocycles. The van der Waals surface area contributed by atoms with Crippen molar-refractivity contribution >= 4 is 5.97 Å². The van der Waals surface area contributed by atoms with Crippen LogP contribution in [0.2, 0.25) is 0 Å². The Kier molecular flexibility index (Phi) is 4.82. The minimum atomic E-state index is -0.481. The van der Waals surface area contributed by atoms with Crippen LogP contribution in [0.15, 0.2) is 37.5 Å². The van der Waals surface area contributed by atoms with E-state index in [0.717, 1.165) is 0 Å². The Bertz CT molecular complexity index is 224. The van der Waals surface area contributed by atoms with Gasteiger partial charge in [-0.2, -0.15) is 0 Å². The molecule has 0 N–H and O–H groups in total. The first kappa shape index (κ1) is 11.7. The fraction of sp³-hybridized carbons (Fsp3) is 0.364. The van der Waals surface area contributed by atoms with E-state index in [4.69, 9.17) is 4.74 Å². The second-order valence-electron chi connectivity index (χ2n) is 3.25. The SMILES string of the molecule is C=CC=CCC(C)(C)OC(=O)C=C. The Morgan fingerprint density at radius 2 is 2.08 bits per heavy atom. The van der Waals surface area contributed by atoms with Gasteiger partial charge >= 0.3 is 5.97 Å².